The highest BCUT2D eigenvalue weighted by Gasteiger charge is 2.02. The van der Waals surface area contributed by atoms with Crippen molar-refractivity contribution in [1.29, 1.82) is 0 Å². The maximum atomic E-state index is 4.37. The molecule has 0 aliphatic rings. The van der Waals surface area contributed by atoms with E-state index in [0.29, 0.717) is 0 Å². The van der Waals surface area contributed by atoms with Crippen LogP contribution in [0.15, 0.2) is 18.5 Å². The van der Waals surface area contributed by atoms with Crippen molar-refractivity contribution in [2.24, 2.45) is 7.05 Å². The molecule has 19 heavy (non-hydrogen) atoms. The van der Waals surface area contributed by atoms with Crippen molar-refractivity contribution in [3.8, 4) is 0 Å². The second-order valence-corrected chi connectivity index (χ2v) is 4.35. The molecule has 0 aliphatic carbocycles. The first-order valence-corrected chi connectivity index (χ1v) is 6.48. The molecule has 6 nitrogen and oxygen atoms in total. The fraction of sp³-hybridized carbons (Fsp3) is 0.462. The van der Waals surface area contributed by atoms with Crippen LogP contribution in [-0.2, 0) is 13.5 Å². The van der Waals surface area contributed by atoms with Crippen LogP contribution in [0, 0.1) is 6.92 Å². The van der Waals surface area contributed by atoms with Crippen molar-refractivity contribution >= 4 is 11.6 Å². The van der Waals surface area contributed by atoms with Crippen molar-refractivity contribution < 1.29 is 0 Å². The summed E-state index contributed by atoms with van der Waals surface area (Å²) >= 11 is 0. The summed E-state index contributed by atoms with van der Waals surface area (Å²) in [5.41, 5.74) is 0. The van der Waals surface area contributed by atoms with E-state index in [1.54, 1.807) is 0 Å². The number of rotatable bonds is 6. The minimum atomic E-state index is 0.762. The minimum absolute atomic E-state index is 0.762. The Balaban J connectivity index is 1.94. The zero-order valence-corrected chi connectivity index (χ0v) is 11.6. The summed E-state index contributed by atoms with van der Waals surface area (Å²) in [6, 6.07) is 1.93. The summed E-state index contributed by atoms with van der Waals surface area (Å²) in [5, 5.41) is 6.50. The van der Waals surface area contributed by atoms with Gasteiger partial charge in [0.05, 0.1) is 0 Å². The molecule has 0 radical (unpaired) electrons. The predicted octanol–water partition coefficient (Wildman–Crippen LogP) is 1.60. The summed E-state index contributed by atoms with van der Waals surface area (Å²) in [5.74, 6) is 3.52. The summed E-state index contributed by atoms with van der Waals surface area (Å²) in [4.78, 5) is 13.0. The molecule has 0 unspecified atom stereocenters. The molecule has 2 rings (SSSR count). The molecule has 102 valence electrons. The number of aromatic nitrogens is 4. The molecular weight excluding hydrogens is 240 g/mol. The fourth-order valence-corrected chi connectivity index (χ4v) is 1.87. The van der Waals surface area contributed by atoms with Crippen LogP contribution in [0.25, 0.3) is 0 Å². The zero-order valence-electron chi connectivity index (χ0n) is 11.6. The summed E-state index contributed by atoms with van der Waals surface area (Å²) in [6.07, 6.45) is 4.63. The first kappa shape index (κ1) is 13.3. The van der Waals surface area contributed by atoms with Crippen molar-refractivity contribution in [3.63, 3.8) is 0 Å². The minimum Gasteiger partial charge on any atom is -0.370 e. The van der Waals surface area contributed by atoms with Gasteiger partial charge in [0, 0.05) is 45.0 Å². The SMILES string of the molecule is CCNc1cc(NCCc2nccn2C)nc(C)n1. The van der Waals surface area contributed by atoms with Gasteiger partial charge >= 0.3 is 0 Å². The Bertz CT molecular complexity index is 534. The van der Waals surface area contributed by atoms with Crippen LogP contribution in [0.5, 0.6) is 0 Å². The zero-order chi connectivity index (χ0) is 13.7. The molecule has 0 aliphatic heterocycles. The third-order valence-electron chi connectivity index (χ3n) is 2.77. The smallest absolute Gasteiger partial charge is 0.131 e. The standard InChI is InChI=1S/C13H20N6/c1-4-14-11-9-12(18-10(2)17-11)15-6-5-13-16-7-8-19(13)3/h7-9H,4-6H2,1-3H3,(H2,14,15,17,18). The van der Waals surface area contributed by atoms with Crippen molar-refractivity contribution in [3.05, 3.63) is 30.1 Å². The van der Waals surface area contributed by atoms with E-state index in [4.69, 9.17) is 0 Å². The Morgan fingerprint density at radius 3 is 2.58 bits per heavy atom. The molecule has 0 atom stereocenters. The van der Waals surface area contributed by atoms with Gasteiger partial charge in [0.1, 0.15) is 23.3 Å². The Morgan fingerprint density at radius 1 is 1.21 bits per heavy atom. The van der Waals surface area contributed by atoms with Gasteiger partial charge in [0.2, 0.25) is 0 Å². The van der Waals surface area contributed by atoms with Crippen LogP contribution in [0.1, 0.15) is 18.6 Å². The summed E-state index contributed by atoms with van der Waals surface area (Å²) < 4.78 is 2.02. The topological polar surface area (TPSA) is 67.7 Å². The van der Waals surface area contributed by atoms with Gasteiger partial charge in [-0.25, -0.2) is 15.0 Å². The van der Waals surface area contributed by atoms with Crippen LogP contribution in [0.4, 0.5) is 11.6 Å². The third-order valence-corrected chi connectivity index (χ3v) is 2.77. The second-order valence-electron chi connectivity index (χ2n) is 4.35. The Labute approximate surface area is 113 Å². The largest absolute Gasteiger partial charge is 0.370 e. The number of nitrogens with one attached hydrogen (secondary N) is 2. The van der Waals surface area contributed by atoms with E-state index in [-0.39, 0.29) is 0 Å². The van der Waals surface area contributed by atoms with Gasteiger partial charge in [-0.15, -0.1) is 0 Å². The molecule has 0 amide bonds. The number of hydrogen-bond acceptors (Lipinski definition) is 5. The Morgan fingerprint density at radius 2 is 1.95 bits per heavy atom. The maximum Gasteiger partial charge on any atom is 0.131 e. The van der Waals surface area contributed by atoms with Gasteiger partial charge in [-0.1, -0.05) is 0 Å². The van der Waals surface area contributed by atoms with E-state index >= 15 is 0 Å². The fourth-order valence-electron chi connectivity index (χ4n) is 1.87. The first-order valence-electron chi connectivity index (χ1n) is 6.48. The first-order chi connectivity index (χ1) is 9.19. The number of imidazole rings is 1. The summed E-state index contributed by atoms with van der Waals surface area (Å²) in [7, 11) is 2.00. The van der Waals surface area contributed by atoms with Gasteiger partial charge in [0.15, 0.2) is 0 Å². The molecular formula is C13H20N6. The lowest BCUT2D eigenvalue weighted by Gasteiger charge is -2.09. The van der Waals surface area contributed by atoms with Gasteiger partial charge in [-0.05, 0) is 13.8 Å². The average Bonchev–Trinajstić information content (AvgIpc) is 2.75. The van der Waals surface area contributed by atoms with E-state index in [2.05, 4.69) is 25.6 Å². The number of aryl methyl sites for hydroxylation is 2. The molecule has 0 fully saturated rings. The lowest BCUT2D eigenvalue weighted by Crippen LogP contribution is -2.11. The maximum absolute atomic E-state index is 4.37. The molecule has 0 bridgehead atoms. The van der Waals surface area contributed by atoms with Crippen molar-refractivity contribution in [2.75, 3.05) is 23.7 Å². The number of hydrogen-bond donors (Lipinski definition) is 2. The normalized spacial score (nSPS) is 10.5. The summed E-state index contributed by atoms with van der Waals surface area (Å²) in [6.45, 7) is 5.59. The quantitative estimate of drug-likeness (QED) is 0.826. The van der Waals surface area contributed by atoms with E-state index in [9.17, 15) is 0 Å². The van der Waals surface area contributed by atoms with Crippen LogP contribution in [0.3, 0.4) is 0 Å². The van der Waals surface area contributed by atoms with Gasteiger partial charge in [-0.3, -0.25) is 0 Å². The van der Waals surface area contributed by atoms with Crippen LogP contribution in [0.2, 0.25) is 0 Å². The van der Waals surface area contributed by atoms with Crippen molar-refractivity contribution in [1.82, 2.24) is 19.5 Å². The highest BCUT2D eigenvalue weighted by molar-refractivity contribution is 5.47. The molecule has 2 N–H and O–H groups in total. The molecule has 2 heterocycles. The van der Waals surface area contributed by atoms with E-state index in [0.717, 1.165) is 42.8 Å². The molecule has 0 saturated carbocycles. The monoisotopic (exact) mass is 260 g/mol. The Hall–Kier alpha value is -2.11. The van der Waals surface area contributed by atoms with Crippen LogP contribution >= 0.6 is 0 Å². The van der Waals surface area contributed by atoms with E-state index in [1.807, 2.05) is 43.9 Å². The number of anilines is 2. The number of nitrogens with zero attached hydrogens (tertiary/aromatic N) is 4. The predicted molar refractivity (Wildman–Crippen MR) is 76.3 cm³/mol. The lowest BCUT2D eigenvalue weighted by molar-refractivity contribution is 0.788. The van der Waals surface area contributed by atoms with Crippen molar-refractivity contribution in [2.45, 2.75) is 20.3 Å². The molecule has 2 aromatic rings. The van der Waals surface area contributed by atoms with Gasteiger partial charge < -0.3 is 15.2 Å². The van der Waals surface area contributed by atoms with Gasteiger partial charge in [0.25, 0.3) is 0 Å². The molecule has 0 spiro atoms. The van der Waals surface area contributed by atoms with E-state index in [1.165, 1.54) is 0 Å². The van der Waals surface area contributed by atoms with Crippen LogP contribution < -0.4 is 10.6 Å². The highest BCUT2D eigenvalue weighted by atomic mass is 15.1. The van der Waals surface area contributed by atoms with Crippen LogP contribution in [-0.4, -0.2) is 32.6 Å². The van der Waals surface area contributed by atoms with Gasteiger partial charge in [-0.2, -0.15) is 0 Å². The average molecular weight is 260 g/mol. The Kier molecular flexibility index (Phi) is 4.33. The third kappa shape index (κ3) is 3.67. The van der Waals surface area contributed by atoms with E-state index < -0.39 is 0 Å². The lowest BCUT2D eigenvalue weighted by atomic mass is 10.4. The second kappa shape index (κ2) is 6.17. The molecule has 2 aromatic heterocycles. The highest BCUT2D eigenvalue weighted by Crippen LogP contribution is 2.10. The molecule has 6 heteroatoms. The molecule has 0 saturated heterocycles. The molecule has 0 aromatic carbocycles.